The van der Waals surface area contributed by atoms with E-state index < -0.39 is 0 Å². The molecule has 23 heavy (non-hydrogen) atoms. The predicted octanol–water partition coefficient (Wildman–Crippen LogP) is 1.89. The highest BCUT2D eigenvalue weighted by atomic mass is 127. The van der Waals surface area contributed by atoms with Crippen molar-refractivity contribution in [3.63, 3.8) is 0 Å². The molecule has 0 heterocycles. The lowest BCUT2D eigenvalue weighted by molar-refractivity contribution is -0.122. The van der Waals surface area contributed by atoms with Crippen molar-refractivity contribution in [3.05, 3.63) is 29.8 Å². The summed E-state index contributed by atoms with van der Waals surface area (Å²) in [5.41, 5.74) is 1.06. The average Bonchev–Trinajstić information content (AvgIpc) is 2.50. The highest BCUT2D eigenvalue weighted by Gasteiger charge is 2.03. The molecule has 6 nitrogen and oxygen atoms in total. The van der Waals surface area contributed by atoms with Crippen LogP contribution in [-0.4, -0.2) is 38.1 Å². The van der Waals surface area contributed by atoms with Gasteiger partial charge in [0.15, 0.2) is 12.6 Å². The van der Waals surface area contributed by atoms with Gasteiger partial charge in [-0.2, -0.15) is 0 Å². The summed E-state index contributed by atoms with van der Waals surface area (Å²) in [5, 5.41) is 9.15. The number of aliphatic imine (C=N–C) groups is 1. The normalized spacial score (nSPS) is 10.7. The van der Waals surface area contributed by atoms with Gasteiger partial charge in [0.2, 0.25) is 0 Å². The lowest BCUT2D eigenvalue weighted by Gasteiger charge is -2.14. The summed E-state index contributed by atoms with van der Waals surface area (Å²) in [4.78, 5) is 15.5. The van der Waals surface area contributed by atoms with E-state index in [2.05, 4.69) is 34.8 Å². The van der Waals surface area contributed by atoms with Gasteiger partial charge in [0.1, 0.15) is 5.75 Å². The van der Waals surface area contributed by atoms with Crippen LogP contribution < -0.4 is 20.7 Å². The molecule has 0 aliphatic heterocycles. The van der Waals surface area contributed by atoms with E-state index in [4.69, 9.17) is 4.74 Å². The minimum absolute atomic E-state index is 0. The molecule has 7 heteroatoms. The van der Waals surface area contributed by atoms with Crippen LogP contribution in [0.15, 0.2) is 29.3 Å². The number of hydrogen-bond donors (Lipinski definition) is 3. The Kier molecular flexibility index (Phi) is 11.2. The summed E-state index contributed by atoms with van der Waals surface area (Å²) in [6.45, 7) is 7.26. The first-order chi connectivity index (χ1) is 10.5. The topological polar surface area (TPSA) is 74.8 Å². The van der Waals surface area contributed by atoms with Crippen LogP contribution in [0.3, 0.4) is 0 Å². The minimum atomic E-state index is -0.118. The molecule has 1 aromatic carbocycles. The second kappa shape index (κ2) is 12.0. The smallest absolute Gasteiger partial charge is 0.257 e. The van der Waals surface area contributed by atoms with Crippen LogP contribution in [0.25, 0.3) is 0 Å². The van der Waals surface area contributed by atoms with E-state index in [-0.39, 0.29) is 36.5 Å². The summed E-state index contributed by atoms with van der Waals surface area (Å²) in [7, 11) is 1.74. The largest absolute Gasteiger partial charge is 0.484 e. The number of carbonyl (C=O) groups excluding carboxylic acids is 1. The molecule has 0 aromatic heterocycles. The molecular formula is C16H27IN4O2. The zero-order valence-corrected chi connectivity index (χ0v) is 16.5. The fourth-order valence-corrected chi connectivity index (χ4v) is 1.80. The Bertz CT molecular complexity index is 507. The maximum absolute atomic E-state index is 11.4. The number of hydrogen-bond acceptors (Lipinski definition) is 3. The molecule has 0 aliphatic carbocycles. The molecule has 0 bridgehead atoms. The highest BCUT2D eigenvalue weighted by molar-refractivity contribution is 14.0. The van der Waals surface area contributed by atoms with Crippen LogP contribution in [0.5, 0.6) is 5.75 Å². The summed E-state index contributed by atoms with van der Waals surface area (Å²) in [6.07, 6.45) is 0. The van der Waals surface area contributed by atoms with E-state index in [1.165, 1.54) is 0 Å². The van der Waals surface area contributed by atoms with Crippen molar-refractivity contribution in [2.75, 3.05) is 20.2 Å². The molecule has 0 aliphatic rings. The maximum Gasteiger partial charge on any atom is 0.257 e. The molecule has 0 saturated carbocycles. The lowest BCUT2D eigenvalue weighted by Crippen LogP contribution is -2.40. The van der Waals surface area contributed by atoms with Crippen molar-refractivity contribution in [1.82, 2.24) is 16.0 Å². The van der Waals surface area contributed by atoms with Crippen molar-refractivity contribution < 1.29 is 9.53 Å². The van der Waals surface area contributed by atoms with Crippen molar-refractivity contribution in [2.45, 2.75) is 33.4 Å². The van der Waals surface area contributed by atoms with Gasteiger partial charge in [0.05, 0.1) is 0 Å². The van der Waals surface area contributed by atoms with Crippen molar-refractivity contribution in [1.29, 1.82) is 0 Å². The first-order valence-corrected chi connectivity index (χ1v) is 7.50. The van der Waals surface area contributed by atoms with Gasteiger partial charge < -0.3 is 20.7 Å². The second-order valence-corrected chi connectivity index (χ2v) is 5.11. The molecule has 1 aromatic rings. The standard InChI is InChI=1S/C16H26N4O2.HI/c1-5-18-15(21)11-22-14-8-6-7-13(9-14)10-19-16(17-4)20-12(2)3;/h6-9,12H,5,10-11H2,1-4H3,(H,18,21)(H2,17,19,20);1H. The van der Waals surface area contributed by atoms with Gasteiger partial charge in [-0.15, -0.1) is 24.0 Å². The van der Waals surface area contributed by atoms with E-state index in [0.717, 1.165) is 11.5 Å². The molecule has 0 radical (unpaired) electrons. The Balaban J connectivity index is 0.00000484. The number of likely N-dealkylation sites (N-methyl/N-ethyl adjacent to an activating group) is 1. The number of ether oxygens (including phenoxy) is 1. The summed E-state index contributed by atoms with van der Waals surface area (Å²) >= 11 is 0. The number of nitrogens with one attached hydrogen (secondary N) is 3. The fraction of sp³-hybridized carbons (Fsp3) is 0.500. The van der Waals surface area contributed by atoms with E-state index in [9.17, 15) is 4.79 Å². The predicted molar refractivity (Wildman–Crippen MR) is 105 cm³/mol. The third-order valence-electron chi connectivity index (χ3n) is 2.75. The average molecular weight is 434 g/mol. The highest BCUT2D eigenvalue weighted by Crippen LogP contribution is 2.13. The minimum Gasteiger partial charge on any atom is -0.484 e. The molecule has 3 N–H and O–H groups in total. The molecule has 0 unspecified atom stereocenters. The monoisotopic (exact) mass is 434 g/mol. The number of guanidine groups is 1. The lowest BCUT2D eigenvalue weighted by atomic mass is 10.2. The Morgan fingerprint density at radius 3 is 2.65 bits per heavy atom. The van der Waals surface area contributed by atoms with Gasteiger partial charge >= 0.3 is 0 Å². The van der Waals surface area contributed by atoms with Gasteiger partial charge in [-0.05, 0) is 38.5 Å². The van der Waals surface area contributed by atoms with E-state index in [0.29, 0.717) is 24.9 Å². The summed E-state index contributed by atoms with van der Waals surface area (Å²) in [5.74, 6) is 1.31. The molecule has 0 saturated heterocycles. The Hall–Kier alpha value is -1.51. The quantitative estimate of drug-likeness (QED) is 0.348. The molecular weight excluding hydrogens is 407 g/mol. The molecule has 0 fully saturated rings. The van der Waals surface area contributed by atoms with Crippen LogP contribution in [0.1, 0.15) is 26.3 Å². The molecule has 0 spiro atoms. The van der Waals surface area contributed by atoms with Crippen molar-refractivity contribution in [2.24, 2.45) is 4.99 Å². The Morgan fingerprint density at radius 2 is 2.04 bits per heavy atom. The number of rotatable bonds is 7. The molecule has 0 atom stereocenters. The van der Waals surface area contributed by atoms with Crippen LogP contribution in [0, 0.1) is 0 Å². The maximum atomic E-state index is 11.4. The molecule has 1 amide bonds. The SMILES string of the molecule is CCNC(=O)COc1cccc(CNC(=NC)NC(C)C)c1.I. The third-order valence-corrected chi connectivity index (χ3v) is 2.75. The van der Waals surface area contributed by atoms with Crippen molar-refractivity contribution in [3.8, 4) is 5.75 Å². The van der Waals surface area contributed by atoms with E-state index in [1.54, 1.807) is 7.05 Å². The van der Waals surface area contributed by atoms with Crippen LogP contribution in [-0.2, 0) is 11.3 Å². The zero-order valence-electron chi connectivity index (χ0n) is 14.2. The van der Waals surface area contributed by atoms with Gasteiger partial charge in [-0.1, -0.05) is 12.1 Å². The number of halogens is 1. The molecule has 1 rings (SSSR count). The first-order valence-electron chi connectivity index (χ1n) is 7.50. The number of benzene rings is 1. The summed E-state index contributed by atoms with van der Waals surface area (Å²) < 4.78 is 5.47. The fourth-order valence-electron chi connectivity index (χ4n) is 1.80. The van der Waals surface area contributed by atoms with Gasteiger partial charge in [0.25, 0.3) is 5.91 Å². The van der Waals surface area contributed by atoms with Crippen LogP contribution >= 0.6 is 24.0 Å². The van der Waals surface area contributed by atoms with Gasteiger partial charge in [-0.25, -0.2) is 0 Å². The summed E-state index contributed by atoms with van der Waals surface area (Å²) in [6, 6.07) is 7.97. The number of carbonyl (C=O) groups is 1. The number of nitrogens with zero attached hydrogens (tertiary/aromatic N) is 1. The van der Waals surface area contributed by atoms with Crippen LogP contribution in [0.4, 0.5) is 0 Å². The third kappa shape index (κ3) is 9.27. The Labute approximate surface area is 155 Å². The van der Waals surface area contributed by atoms with Crippen LogP contribution in [0.2, 0.25) is 0 Å². The van der Waals surface area contributed by atoms with Gasteiger partial charge in [-0.3, -0.25) is 9.79 Å². The van der Waals surface area contributed by atoms with Gasteiger partial charge in [0, 0.05) is 26.2 Å². The zero-order chi connectivity index (χ0) is 16.4. The van der Waals surface area contributed by atoms with E-state index in [1.807, 2.05) is 31.2 Å². The first kappa shape index (κ1) is 21.5. The van der Waals surface area contributed by atoms with E-state index >= 15 is 0 Å². The molecule has 130 valence electrons. The Morgan fingerprint density at radius 1 is 1.30 bits per heavy atom. The number of amides is 1. The second-order valence-electron chi connectivity index (χ2n) is 5.11. The van der Waals surface area contributed by atoms with Crippen molar-refractivity contribution >= 4 is 35.8 Å².